The predicted octanol–water partition coefficient (Wildman–Crippen LogP) is 6.40. The van der Waals surface area contributed by atoms with E-state index in [2.05, 4.69) is 24.4 Å². The molecular weight excluding hydrogens is 353 g/mol. The highest BCUT2D eigenvalue weighted by Gasteiger charge is 2.05. The molecule has 0 unspecified atom stereocenters. The fourth-order valence-corrected chi connectivity index (χ4v) is 2.83. The molecule has 0 radical (unpaired) electrons. The molecule has 0 atom stereocenters. The summed E-state index contributed by atoms with van der Waals surface area (Å²) in [6.45, 7) is 4.64. The summed E-state index contributed by atoms with van der Waals surface area (Å²) in [5.41, 5.74) is 2.20. The smallest absolute Gasteiger partial charge is 0.124 e. The van der Waals surface area contributed by atoms with E-state index in [1.807, 2.05) is 36.4 Å². The van der Waals surface area contributed by atoms with Crippen molar-refractivity contribution in [1.82, 2.24) is 5.32 Å². The molecule has 0 aromatic heterocycles. The molecule has 0 spiro atoms. The van der Waals surface area contributed by atoms with E-state index < -0.39 is 0 Å². The first-order valence-electron chi connectivity index (χ1n) is 8.96. The van der Waals surface area contributed by atoms with Crippen LogP contribution in [0.3, 0.4) is 0 Å². The molecule has 0 heterocycles. The van der Waals surface area contributed by atoms with Gasteiger partial charge in [-0.05, 0) is 25.1 Å². The Morgan fingerprint density at radius 1 is 0.880 bits per heavy atom. The van der Waals surface area contributed by atoms with Crippen molar-refractivity contribution in [3.8, 4) is 5.75 Å². The van der Waals surface area contributed by atoms with Gasteiger partial charge in [0.25, 0.3) is 0 Å². The number of hydrogen-bond acceptors (Lipinski definition) is 2. The van der Waals surface area contributed by atoms with E-state index in [1.54, 1.807) is 0 Å². The van der Waals surface area contributed by atoms with E-state index in [-0.39, 0.29) is 12.4 Å². The Bertz CT molecular complexity index is 604. The lowest BCUT2D eigenvalue weighted by Crippen LogP contribution is -2.15. The van der Waals surface area contributed by atoms with Crippen molar-refractivity contribution in [1.29, 1.82) is 0 Å². The summed E-state index contributed by atoms with van der Waals surface area (Å²) in [6, 6.07) is 16.0. The zero-order valence-corrected chi connectivity index (χ0v) is 16.5. The minimum atomic E-state index is 0. The van der Waals surface area contributed by atoms with Gasteiger partial charge in [0.2, 0.25) is 0 Å². The van der Waals surface area contributed by atoms with E-state index in [0.29, 0.717) is 6.61 Å². The zero-order chi connectivity index (χ0) is 17.0. The molecule has 0 amide bonds. The molecule has 0 saturated carbocycles. The number of ether oxygens (including phenoxy) is 1. The molecule has 2 nitrogen and oxygen atoms in total. The van der Waals surface area contributed by atoms with Crippen molar-refractivity contribution >= 4 is 24.0 Å². The van der Waals surface area contributed by atoms with Crippen molar-refractivity contribution < 1.29 is 4.74 Å². The molecule has 2 rings (SSSR count). The lowest BCUT2D eigenvalue weighted by Gasteiger charge is -2.13. The van der Waals surface area contributed by atoms with Crippen LogP contribution in [-0.4, -0.2) is 6.54 Å². The lowest BCUT2D eigenvalue weighted by molar-refractivity contribution is 0.302. The highest BCUT2D eigenvalue weighted by Crippen LogP contribution is 2.21. The van der Waals surface area contributed by atoms with Crippen molar-refractivity contribution in [3.63, 3.8) is 0 Å². The van der Waals surface area contributed by atoms with Crippen LogP contribution in [-0.2, 0) is 13.2 Å². The third-order valence-electron chi connectivity index (χ3n) is 4.09. The number of rotatable bonds is 11. The topological polar surface area (TPSA) is 21.3 Å². The monoisotopic (exact) mass is 381 g/mol. The van der Waals surface area contributed by atoms with Crippen molar-refractivity contribution in [2.24, 2.45) is 0 Å². The van der Waals surface area contributed by atoms with Crippen LogP contribution in [0, 0.1) is 0 Å². The number of halogens is 2. The Morgan fingerprint density at radius 2 is 1.56 bits per heavy atom. The standard InChI is InChI=1S/C21H28ClNO.ClH/c1-2-3-4-5-10-15-23-16-18-11-7-9-14-21(18)24-17-19-12-6-8-13-20(19)22;/h6-9,11-14,23H,2-5,10,15-17H2,1H3;1H. The molecule has 0 aliphatic rings. The summed E-state index contributed by atoms with van der Waals surface area (Å²) in [6.07, 6.45) is 6.53. The summed E-state index contributed by atoms with van der Waals surface area (Å²) in [5, 5.41) is 4.27. The second-order valence-corrected chi connectivity index (χ2v) is 6.49. The van der Waals surface area contributed by atoms with E-state index in [4.69, 9.17) is 16.3 Å². The van der Waals surface area contributed by atoms with Gasteiger partial charge in [0.05, 0.1) is 0 Å². The summed E-state index contributed by atoms with van der Waals surface area (Å²) in [5.74, 6) is 0.927. The molecule has 2 aromatic rings. The van der Waals surface area contributed by atoms with Gasteiger partial charge in [0, 0.05) is 22.7 Å². The van der Waals surface area contributed by atoms with Crippen LogP contribution >= 0.6 is 24.0 Å². The second kappa shape index (κ2) is 13.0. The number of benzene rings is 2. The van der Waals surface area contributed by atoms with Crippen LogP contribution in [0.5, 0.6) is 5.75 Å². The van der Waals surface area contributed by atoms with Gasteiger partial charge in [0.15, 0.2) is 0 Å². The maximum atomic E-state index is 6.19. The average molecular weight is 382 g/mol. The molecule has 138 valence electrons. The highest BCUT2D eigenvalue weighted by atomic mass is 35.5. The summed E-state index contributed by atoms with van der Waals surface area (Å²) >= 11 is 6.19. The van der Waals surface area contributed by atoms with Crippen molar-refractivity contribution in [2.45, 2.75) is 52.2 Å². The van der Waals surface area contributed by atoms with Crippen molar-refractivity contribution in [3.05, 3.63) is 64.7 Å². The Hall–Kier alpha value is -1.22. The number of hydrogen-bond donors (Lipinski definition) is 1. The van der Waals surface area contributed by atoms with Gasteiger partial charge >= 0.3 is 0 Å². The normalized spacial score (nSPS) is 10.3. The Labute approximate surface area is 163 Å². The van der Waals surface area contributed by atoms with Crippen LogP contribution in [0.2, 0.25) is 5.02 Å². The molecular formula is C21H29Cl2NO. The van der Waals surface area contributed by atoms with Gasteiger partial charge in [-0.1, -0.05) is 80.6 Å². The zero-order valence-electron chi connectivity index (χ0n) is 15.0. The van der Waals surface area contributed by atoms with Crippen LogP contribution < -0.4 is 10.1 Å². The largest absolute Gasteiger partial charge is 0.489 e. The summed E-state index contributed by atoms with van der Waals surface area (Å²) in [7, 11) is 0. The first-order valence-corrected chi connectivity index (χ1v) is 9.34. The van der Waals surface area contributed by atoms with E-state index >= 15 is 0 Å². The minimum absolute atomic E-state index is 0. The van der Waals surface area contributed by atoms with E-state index in [1.165, 1.54) is 37.7 Å². The van der Waals surface area contributed by atoms with Gasteiger partial charge in [-0.25, -0.2) is 0 Å². The summed E-state index contributed by atoms with van der Waals surface area (Å²) in [4.78, 5) is 0. The maximum Gasteiger partial charge on any atom is 0.124 e. The molecule has 0 saturated heterocycles. The molecule has 0 aliphatic carbocycles. The van der Waals surface area contributed by atoms with Gasteiger partial charge in [-0.3, -0.25) is 0 Å². The predicted molar refractivity (Wildman–Crippen MR) is 110 cm³/mol. The van der Waals surface area contributed by atoms with Gasteiger partial charge in [0.1, 0.15) is 12.4 Å². The Balaban J connectivity index is 0.00000312. The molecule has 2 aromatic carbocycles. The molecule has 0 aliphatic heterocycles. The fourth-order valence-electron chi connectivity index (χ4n) is 2.64. The fraction of sp³-hybridized carbons (Fsp3) is 0.429. The number of unbranched alkanes of at least 4 members (excludes halogenated alkanes) is 4. The van der Waals surface area contributed by atoms with Crippen molar-refractivity contribution in [2.75, 3.05) is 6.54 Å². The molecule has 1 N–H and O–H groups in total. The first-order chi connectivity index (χ1) is 11.8. The SMILES string of the molecule is CCCCCCCNCc1ccccc1OCc1ccccc1Cl.Cl. The highest BCUT2D eigenvalue weighted by molar-refractivity contribution is 6.31. The second-order valence-electron chi connectivity index (χ2n) is 6.08. The van der Waals surface area contributed by atoms with Crippen LogP contribution in [0.25, 0.3) is 0 Å². The minimum Gasteiger partial charge on any atom is -0.489 e. The van der Waals surface area contributed by atoms with E-state index in [0.717, 1.165) is 29.4 Å². The van der Waals surface area contributed by atoms with Gasteiger partial charge < -0.3 is 10.1 Å². The van der Waals surface area contributed by atoms with Crippen LogP contribution in [0.15, 0.2) is 48.5 Å². The van der Waals surface area contributed by atoms with E-state index in [9.17, 15) is 0 Å². The van der Waals surface area contributed by atoms with Gasteiger partial charge in [-0.15, -0.1) is 12.4 Å². The Morgan fingerprint density at radius 3 is 2.32 bits per heavy atom. The quantitative estimate of drug-likeness (QED) is 0.454. The molecule has 0 fully saturated rings. The molecule has 0 bridgehead atoms. The van der Waals surface area contributed by atoms with Gasteiger partial charge in [-0.2, -0.15) is 0 Å². The molecule has 4 heteroatoms. The third kappa shape index (κ3) is 8.13. The van der Waals surface area contributed by atoms with Crippen LogP contribution in [0.4, 0.5) is 0 Å². The van der Waals surface area contributed by atoms with Crippen LogP contribution in [0.1, 0.15) is 50.2 Å². The third-order valence-corrected chi connectivity index (χ3v) is 4.45. The molecule has 25 heavy (non-hydrogen) atoms. The summed E-state index contributed by atoms with van der Waals surface area (Å²) < 4.78 is 5.99. The lowest BCUT2D eigenvalue weighted by atomic mass is 10.1. The average Bonchev–Trinajstić information content (AvgIpc) is 2.61. The first kappa shape index (κ1) is 21.8. The Kier molecular flexibility index (Phi) is 11.4. The maximum absolute atomic E-state index is 6.19. The number of nitrogens with one attached hydrogen (secondary N) is 1. The number of para-hydroxylation sites is 1.